The summed E-state index contributed by atoms with van der Waals surface area (Å²) < 4.78 is 0.868. The Kier molecular flexibility index (Phi) is 3.71. The maximum absolute atomic E-state index is 4.58. The summed E-state index contributed by atoms with van der Waals surface area (Å²) in [5.41, 5.74) is 1.02. The van der Waals surface area contributed by atoms with Crippen LogP contribution in [0.5, 0.6) is 0 Å². The third-order valence-corrected chi connectivity index (χ3v) is 3.64. The number of aromatic nitrogens is 2. The van der Waals surface area contributed by atoms with E-state index in [9.17, 15) is 0 Å². The van der Waals surface area contributed by atoms with Gasteiger partial charge < -0.3 is 0 Å². The van der Waals surface area contributed by atoms with Gasteiger partial charge in [0.15, 0.2) is 0 Å². The first kappa shape index (κ1) is 11.7. The summed E-state index contributed by atoms with van der Waals surface area (Å²) in [5, 5.41) is 0. The largest absolute Gasteiger partial charge is 0.232 e. The summed E-state index contributed by atoms with van der Waals surface area (Å²) in [6, 6.07) is 6.21. The Morgan fingerprint density at radius 3 is 2.75 bits per heavy atom. The molecule has 0 atom stereocenters. The van der Waals surface area contributed by atoms with Gasteiger partial charge in [0.25, 0.3) is 0 Å². The van der Waals surface area contributed by atoms with Crippen molar-refractivity contribution in [1.82, 2.24) is 9.97 Å². The molecule has 0 saturated carbocycles. The zero-order chi connectivity index (χ0) is 11.5. The molecule has 0 spiro atoms. The van der Waals surface area contributed by atoms with Crippen LogP contribution in [-0.4, -0.2) is 9.97 Å². The third kappa shape index (κ3) is 2.68. The van der Waals surface area contributed by atoms with E-state index in [0.29, 0.717) is 0 Å². The van der Waals surface area contributed by atoms with E-state index < -0.39 is 0 Å². The van der Waals surface area contributed by atoms with Crippen LogP contribution in [0.25, 0.3) is 10.6 Å². The first-order chi connectivity index (χ1) is 7.69. The van der Waals surface area contributed by atoms with Crippen LogP contribution in [0.15, 0.2) is 22.8 Å². The number of thiophene rings is 1. The molecule has 0 radical (unpaired) electrons. The second kappa shape index (κ2) is 5.06. The minimum absolute atomic E-state index is 0.868. The van der Waals surface area contributed by atoms with E-state index in [1.807, 2.05) is 6.07 Å². The minimum Gasteiger partial charge on any atom is -0.232 e. The Morgan fingerprint density at radius 1 is 1.31 bits per heavy atom. The molecule has 0 aliphatic heterocycles. The average molecular weight is 297 g/mol. The van der Waals surface area contributed by atoms with Crippen molar-refractivity contribution < 1.29 is 0 Å². The van der Waals surface area contributed by atoms with Crippen LogP contribution in [0.4, 0.5) is 0 Å². The van der Waals surface area contributed by atoms with Crippen LogP contribution in [0.1, 0.15) is 24.0 Å². The minimum atomic E-state index is 0.868. The Balaban J connectivity index is 2.40. The van der Waals surface area contributed by atoms with Crippen molar-refractivity contribution in [2.75, 3.05) is 0 Å². The number of hydrogen-bond donors (Lipinski definition) is 0. The number of hydrogen-bond acceptors (Lipinski definition) is 3. The number of aryl methyl sites for hydroxylation is 2. The second-order valence-corrected chi connectivity index (χ2v) is 5.75. The molecule has 0 N–H and O–H groups in total. The zero-order valence-corrected chi connectivity index (χ0v) is 11.7. The molecule has 0 bridgehead atoms. The fraction of sp³-hybridized carbons (Fsp3) is 0.333. The van der Waals surface area contributed by atoms with Crippen molar-refractivity contribution in [3.8, 4) is 10.6 Å². The van der Waals surface area contributed by atoms with Crippen LogP contribution < -0.4 is 0 Å². The molecule has 0 aliphatic carbocycles. The topological polar surface area (TPSA) is 25.8 Å². The first-order valence-corrected chi connectivity index (χ1v) is 6.90. The summed E-state index contributed by atoms with van der Waals surface area (Å²) >= 11 is 5.21. The lowest BCUT2D eigenvalue weighted by atomic mass is 10.3. The zero-order valence-electron chi connectivity index (χ0n) is 9.33. The predicted molar refractivity (Wildman–Crippen MR) is 71.8 cm³/mol. The molecule has 4 heteroatoms. The van der Waals surface area contributed by atoms with Gasteiger partial charge >= 0.3 is 0 Å². The summed E-state index contributed by atoms with van der Waals surface area (Å²) in [5.74, 6) is 0.915. The highest BCUT2D eigenvalue weighted by Crippen LogP contribution is 2.27. The van der Waals surface area contributed by atoms with E-state index in [1.165, 1.54) is 9.75 Å². The van der Waals surface area contributed by atoms with Gasteiger partial charge in [0.2, 0.25) is 0 Å². The van der Waals surface area contributed by atoms with Crippen LogP contribution >= 0.6 is 27.3 Å². The molecule has 2 aromatic heterocycles. The first-order valence-electron chi connectivity index (χ1n) is 5.29. The molecule has 0 unspecified atom stereocenters. The van der Waals surface area contributed by atoms with Crippen LogP contribution in [-0.2, 0) is 6.42 Å². The molecule has 0 saturated heterocycles. The van der Waals surface area contributed by atoms with Crippen molar-refractivity contribution in [1.29, 1.82) is 0 Å². The highest BCUT2D eigenvalue weighted by atomic mass is 79.9. The SMILES string of the molecule is CCCc1nc(Br)cc(-c2ccc(C)s2)n1. The molecular formula is C12H13BrN2S. The van der Waals surface area contributed by atoms with Gasteiger partial charge in [0.05, 0.1) is 10.6 Å². The Labute approximate surface area is 108 Å². The summed E-state index contributed by atoms with van der Waals surface area (Å²) in [4.78, 5) is 11.5. The molecule has 0 fully saturated rings. The van der Waals surface area contributed by atoms with E-state index in [1.54, 1.807) is 11.3 Å². The van der Waals surface area contributed by atoms with Gasteiger partial charge in [-0.3, -0.25) is 0 Å². The summed E-state index contributed by atoms with van der Waals surface area (Å²) in [7, 11) is 0. The quantitative estimate of drug-likeness (QED) is 0.792. The lowest BCUT2D eigenvalue weighted by molar-refractivity contribution is 0.831. The maximum atomic E-state index is 4.58. The van der Waals surface area contributed by atoms with Gasteiger partial charge in [0, 0.05) is 11.3 Å². The highest BCUT2D eigenvalue weighted by Gasteiger charge is 2.06. The summed E-state index contributed by atoms with van der Waals surface area (Å²) in [6.07, 6.45) is 2.00. The van der Waals surface area contributed by atoms with Crippen molar-refractivity contribution in [3.05, 3.63) is 33.5 Å². The molecule has 84 valence electrons. The van der Waals surface area contributed by atoms with E-state index in [0.717, 1.165) is 29.0 Å². The Bertz CT molecular complexity index is 494. The summed E-state index contributed by atoms with van der Waals surface area (Å²) in [6.45, 7) is 4.25. The number of halogens is 1. The van der Waals surface area contributed by atoms with Gasteiger partial charge in [-0.15, -0.1) is 11.3 Å². The van der Waals surface area contributed by atoms with E-state index in [2.05, 4.69) is 51.9 Å². The van der Waals surface area contributed by atoms with Gasteiger partial charge in [-0.05, 0) is 47.5 Å². The fourth-order valence-electron chi connectivity index (χ4n) is 1.50. The number of rotatable bonds is 3. The van der Waals surface area contributed by atoms with Crippen molar-refractivity contribution in [2.45, 2.75) is 26.7 Å². The average Bonchev–Trinajstić information content (AvgIpc) is 2.64. The molecule has 0 aliphatic rings. The van der Waals surface area contributed by atoms with Crippen molar-refractivity contribution in [3.63, 3.8) is 0 Å². The third-order valence-electron chi connectivity index (χ3n) is 2.21. The molecule has 0 amide bonds. The fourth-order valence-corrected chi connectivity index (χ4v) is 2.75. The van der Waals surface area contributed by atoms with Crippen molar-refractivity contribution in [2.24, 2.45) is 0 Å². The van der Waals surface area contributed by atoms with Crippen molar-refractivity contribution >= 4 is 27.3 Å². The Morgan fingerprint density at radius 2 is 2.12 bits per heavy atom. The molecular weight excluding hydrogens is 284 g/mol. The Hall–Kier alpha value is -0.740. The van der Waals surface area contributed by atoms with E-state index in [-0.39, 0.29) is 0 Å². The van der Waals surface area contributed by atoms with Crippen LogP contribution in [0, 0.1) is 6.92 Å². The normalized spacial score (nSPS) is 10.7. The van der Waals surface area contributed by atoms with Gasteiger partial charge in [0.1, 0.15) is 10.4 Å². The van der Waals surface area contributed by atoms with Crippen LogP contribution in [0.2, 0.25) is 0 Å². The molecule has 0 aromatic carbocycles. The van der Waals surface area contributed by atoms with Gasteiger partial charge in [-0.2, -0.15) is 0 Å². The molecule has 16 heavy (non-hydrogen) atoms. The second-order valence-electron chi connectivity index (χ2n) is 3.65. The smallest absolute Gasteiger partial charge is 0.130 e. The molecule has 2 nitrogen and oxygen atoms in total. The number of nitrogens with zero attached hydrogens (tertiary/aromatic N) is 2. The molecule has 2 rings (SSSR count). The molecule has 2 aromatic rings. The van der Waals surface area contributed by atoms with Crippen LogP contribution in [0.3, 0.4) is 0 Å². The maximum Gasteiger partial charge on any atom is 0.130 e. The van der Waals surface area contributed by atoms with E-state index in [4.69, 9.17) is 0 Å². The highest BCUT2D eigenvalue weighted by molar-refractivity contribution is 9.10. The predicted octanol–water partition coefficient (Wildman–Crippen LogP) is 4.23. The lowest BCUT2D eigenvalue weighted by Crippen LogP contribution is -1.96. The standard InChI is InChI=1S/C12H13BrN2S/c1-3-4-12-14-9(7-11(13)15-12)10-6-5-8(2)16-10/h5-7H,3-4H2,1-2H3. The lowest BCUT2D eigenvalue weighted by Gasteiger charge is -2.02. The van der Waals surface area contributed by atoms with Gasteiger partial charge in [-0.25, -0.2) is 9.97 Å². The monoisotopic (exact) mass is 296 g/mol. The molecule has 2 heterocycles. The van der Waals surface area contributed by atoms with E-state index >= 15 is 0 Å². The van der Waals surface area contributed by atoms with Gasteiger partial charge in [-0.1, -0.05) is 6.92 Å².